The Balaban J connectivity index is 2.84. The number of benzene rings is 1. The molecule has 0 saturated heterocycles. The van der Waals surface area contributed by atoms with Crippen molar-refractivity contribution in [2.75, 3.05) is 26.5 Å². The van der Waals surface area contributed by atoms with Crippen LogP contribution in [-0.2, 0) is 4.74 Å². The van der Waals surface area contributed by atoms with Crippen LogP contribution in [-0.4, -0.2) is 32.8 Å². The van der Waals surface area contributed by atoms with Crippen LogP contribution in [0.25, 0.3) is 0 Å². The molecule has 1 amide bonds. The first-order valence-electron chi connectivity index (χ1n) is 6.34. The van der Waals surface area contributed by atoms with Crippen molar-refractivity contribution in [3.05, 3.63) is 22.7 Å². The average Bonchev–Trinajstić information content (AvgIpc) is 2.41. The van der Waals surface area contributed by atoms with E-state index in [9.17, 15) is 4.79 Å². The first kappa shape index (κ1) is 16.6. The standard InChI is InChI=1S/C14H21ClN2O3/c1-8(2)13(20-4)7-17-14(18)9-5-10(15)11(16)6-12(9)19-3/h5-6,8,13H,7,16H2,1-4H3,(H,17,18). The fourth-order valence-electron chi connectivity index (χ4n) is 1.80. The van der Waals surface area contributed by atoms with Gasteiger partial charge in [-0.2, -0.15) is 0 Å². The largest absolute Gasteiger partial charge is 0.496 e. The predicted molar refractivity (Wildman–Crippen MR) is 80.4 cm³/mol. The summed E-state index contributed by atoms with van der Waals surface area (Å²) in [4.78, 5) is 12.2. The number of carbonyl (C=O) groups is 1. The van der Waals surface area contributed by atoms with Crippen LogP contribution in [0, 0.1) is 5.92 Å². The fourth-order valence-corrected chi connectivity index (χ4v) is 1.96. The maximum Gasteiger partial charge on any atom is 0.255 e. The Morgan fingerprint density at radius 2 is 2.05 bits per heavy atom. The normalized spacial score (nSPS) is 12.3. The summed E-state index contributed by atoms with van der Waals surface area (Å²) >= 11 is 5.94. The minimum absolute atomic E-state index is 0.0470. The number of nitrogen functional groups attached to an aromatic ring is 1. The van der Waals surface area contributed by atoms with Gasteiger partial charge >= 0.3 is 0 Å². The Labute approximate surface area is 124 Å². The van der Waals surface area contributed by atoms with Crippen molar-refractivity contribution in [2.45, 2.75) is 20.0 Å². The molecule has 1 aromatic carbocycles. The van der Waals surface area contributed by atoms with Gasteiger partial charge in [-0.1, -0.05) is 25.4 Å². The average molecular weight is 301 g/mol. The van der Waals surface area contributed by atoms with E-state index in [0.29, 0.717) is 34.5 Å². The number of rotatable bonds is 6. The van der Waals surface area contributed by atoms with Crippen molar-refractivity contribution in [3.8, 4) is 5.75 Å². The lowest BCUT2D eigenvalue weighted by Gasteiger charge is -2.20. The molecule has 0 heterocycles. The Bertz CT molecular complexity index is 478. The highest BCUT2D eigenvalue weighted by atomic mass is 35.5. The van der Waals surface area contributed by atoms with Gasteiger partial charge in [0.25, 0.3) is 5.91 Å². The summed E-state index contributed by atoms with van der Waals surface area (Å²) in [5.41, 5.74) is 6.41. The molecule has 0 saturated carbocycles. The molecule has 0 aliphatic rings. The van der Waals surface area contributed by atoms with Crippen molar-refractivity contribution in [2.24, 2.45) is 5.92 Å². The summed E-state index contributed by atoms with van der Waals surface area (Å²) in [6.07, 6.45) is -0.0470. The molecular weight excluding hydrogens is 280 g/mol. The maximum absolute atomic E-state index is 12.2. The Kier molecular flexibility index (Phi) is 6.10. The lowest BCUT2D eigenvalue weighted by Crippen LogP contribution is -2.36. The van der Waals surface area contributed by atoms with Crippen molar-refractivity contribution in [1.82, 2.24) is 5.32 Å². The first-order chi connectivity index (χ1) is 9.40. The summed E-state index contributed by atoms with van der Waals surface area (Å²) < 4.78 is 10.5. The molecule has 0 radical (unpaired) electrons. The number of ether oxygens (including phenoxy) is 2. The van der Waals surface area contributed by atoms with Gasteiger partial charge in [0.15, 0.2) is 0 Å². The molecule has 0 aliphatic carbocycles. The molecule has 6 heteroatoms. The molecule has 0 aromatic heterocycles. The number of hydrogen-bond donors (Lipinski definition) is 2. The smallest absolute Gasteiger partial charge is 0.255 e. The van der Waals surface area contributed by atoms with E-state index < -0.39 is 0 Å². The number of nitrogens with one attached hydrogen (secondary N) is 1. The van der Waals surface area contributed by atoms with Crippen LogP contribution in [0.5, 0.6) is 5.75 Å². The summed E-state index contributed by atoms with van der Waals surface area (Å²) in [6, 6.07) is 3.04. The zero-order valence-electron chi connectivity index (χ0n) is 12.2. The highest BCUT2D eigenvalue weighted by Gasteiger charge is 2.18. The molecule has 112 valence electrons. The van der Waals surface area contributed by atoms with Crippen LogP contribution in [0.1, 0.15) is 24.2 Å². The molecule has 1 atom stereocenters. The number of carbonyl (C=O) groups excluding carboxylic acids is 1. The predicted octanol–water partition coefficient (Wildman–Crippen LogP) is 2.33. The summed E-state index contributed by atoms with van der Waals surface area (Å²) in [5.74, 6) is 0.423. The van der Waals surface area contributed by atoms with E-state index in [1.807, 2.05) is 13.8 Å². The van der Waals surface area contributed by atoms with E-state index in [4.69, 9.17) is 26.8 Å². The van der Waals surface area contributed by atoms with Gasteiger partial charge in [0.05, 0.1) is 29.5 Å². The van der Waals surface area contributed by atoms with Gasteiger partial charge in [-0.05, 0) is 12.0 Å². The summed E-state index contributed by atoms with van der Waals surface area (Å²) in [6.45, 7) is 4.47. The third-order valence-electron chi connectivity index (χ3n) is 3.07. The highest BCUT2D eigenvalue weighted by molar-refractivity contribution is 6.33. The molecule has 0 spiro atoms. The van der Waals surface area contributed by atoms with Crippen LogP contribution >= 0.6 is 11.6 Å². The van der Waals surface area contributed by atoms with Crippen molar-refractivity contribution >= 4 is 23.2 Å². The minimum atomic E-state index is -0.272. The van der Waals surface area contributed by atoms with Gasteiger partial charge in [0, 0.05) is 19.7 Å². The number of methoxy groups -OCH3 is 2. The molecule has 0 fully saturated rings. The summed E-state index contributed by atoms with van der Waals surface area (Å²) in [5, 5.41) is 3.13. The number of amides is 1. The van der Waals surface area contributed by atoms with E-state index in [-0.39, 0.29) is 12.0 Å². The van der Waals surface area contributed by atoms with Gasteiger partial charge in [0.2, 0.25) is 0 Å². The lowest BCUT2D eigenvalue weighted by molar-refractivity contribution is 0.0604. The third kappa shape index (κ3) is 4.02. The van der Waals surface area contributed by atoms with Crippen LogP contribution in [0.3, 0.4) is 0 Å². The third-order valence-corrected chi connectivity index (χ3v) is 3.40. The number of anilines is 1. The van der Waals surface area contributed by atoms with Gasteiger partial charge < -0.3 is 20.5 Å². The van der Waals surface area contributed by atoms with Gasteiger partial charge in [-0.3, -0.25) is 4.79 Å². The van der Waals surface area contributed by atoms with E-state index in [1.165, 1.54) is 19.2 Å². The molecule has 0 aliphatic heterocycles. The minimum Gasteiger partial charge on any atom is -0.496 e. The molecule has 1 rings (SSSR count). The first-order valence-corrected chi connectivity index (χ1v) is 6.72. The second kappa shape index (κ2) is 7.36. The fraction of sp³-hybridized carbons (Fsp3) is 0.500. The quantitative estimate of drug-likeness (QED) is 0.791. The maximum atomic E-state index is 12.2. The molecule has 3 N–H and O–H groups in total. The second-order valence-electron chi connectivity index (χ2n) is 4.80. The van der Waals surface area contributed by atoms with Crippen molar-refractivity contribution in [3.63, 3.8) is 0 Å². The van der Waals surface area contributed by atoms with Crippen LogP contribution in [0.4, 0.5) is 5.69 Å². The van der Waals surface area contributed by atoms with Crippen molar-refractivity contribution in [1.29, 1.82) is 0 Å². The number of hydrogen-bond acceptors (Lipinski definition) is 4. The van der Waals surface area contributed by atoms with Crippen LogP contribution < -0.4 is 15.8 Å². The zero-order chi connectivity index (χ0) is 15.3. The molecule has 5 nitrogen and oxygen atoms in total. The van der Waals surface area contributed by atoms with Crippen molar-refractivity contribution < 1.29 is 14.3 Å². The Morgan fingerprint density at radius 3 is 2.55 bits per heavy atom. The lowest BCUT2D eigenvalue weighted by atomic mass is 10.1. The topological polar surface area (TPSA) is 73.6 Å². The van der Waals surface area contributed by atoms with E-state index in [1.54, 1.807) is 7.11 Å². The second-order valence-corrected chi connectivity index (χ2v) is 5.21. The van der Waals surface area contributed by atoms with E-state index >= 15 is 0 Å². The SMILES string of the molecule is COc1cc(N)c(Cl)cc1C(=O)NCC(OC)C(C)C. The highest BCUT2D eigenvalue weighted by Crippen LogP contribution is 2.28. The molecule has 20 heavy (non-hydrogen) atoms. The van der Waals surface area contributed by atoms with E-state index in [0.717, 1.165) is 0 Å². The monoisotopic (exact) mass is 300 g/mol. The molecule has 1 aromatic rings. The number of nitrogens with two attached hydrogens (primary N) is 1. The Morgan fingerprint density at radius 1 is 1.40 bits per heavy atom. The van der Waals surface area contributed by atoms with Gasteiger partial charge in [0.1, 0.15) is 5.75 Å². The van der Waals surface area contributed by atoms with Crippen LogP contribution in [0.2, 0.25) is 5.02 Å². The van der Waals surface area contributed by atoms with Gasteiger partial charge in [-0.15, -0.1) is 0 Å². The van der Waals surface area contributed by atoms with E-state index in [2.05, 4.69) is 5.32 Å². The van der Waals surface area contributed by atoms with Crippen LogP contribution in [0.15, 0.2) is 12.1 Å². The number of halogens is 1. The summed E-state index contributed by atoms with van der Waals surface area (Å²) in [7, 11) is 3.10. The van der Waals surface area contributed by atoms with Gasteiger partial charge in [-0.25, -0.2) is 0 Å². The Hall–Kier alpha value is -1.46. The molecular formula is C14H21ClN2O3. The molecule has 0 bridgehead atoms. The molecule has 1 unspecified atom stereocenters. The zero-order valence-corrected chi connectivity index (χ0v) is 13.0.